The number of piperidine rings is 1. The molecule has 40 heavy (non-hydrogen) atoms. The molecule has 1 aromatic heterocycles. The molecule has 3 aromatic rings. The number of amides is 1. The number of imidazole rings is 1. The van der Waals surface area contributed by atoms with Gasteiger partial charge in [0.25, 0.3) is 5.91 Å². The Bertz CT molecular complexity index is 1750. The first-order chi connectivity index (χ1) is 18.4. The van der Waals surface area contributed by atoms with Crippen molar-refractivity contribution in [2.45, 2.75) is 49.2 Å². The van der Waals surface area contributed by atoms with E-state index in [0.29, 0.717) is 36.7 Å². The van der Waals surface area contributed by atoms with E-state index in [2.05, 4.69) is 9.17 Å². The van der Waals surface area contributed by atoms with Crippen LogP contribution in [0.15, 0.2) is 36.7 Å². The lowest BCUT2D eigenvalue weighted by atomic mass is 9.88. The minimum atomic E-state index is -5.90. The average Bonchev–Trinajstić information content (AvgIpc) is 3.43. The molecule has 5 rings (SSSR count). The Morgan fingerprint density at radius 3 is 2.38 bits per heavy atom. The van der Waals surface area contributed by atoms with Gasteiger partial charge in [-0.3, -0.25) is 4.79 Å². The minimum absolute atomic E-state index is 0.0388. The average molecular weight is 612 g/mol. The molecule has 0 unspecified atom stereocenters. The number of aryl methyl sites for hydroxylation is 1. The van der Waals surface area contributed by atoms with Crippen LogP contribution < -0.4 is 4.18 Å². The Morgan fingerprint density at radius 1 is 1.02 bits per heavy atom. The highest BCUT2D eigenvalue weighted by molar-refractivity contribution is 7.91. The van der Waals surface area contributed by atoms with Gasteiger partial charge >= 0.3 is 31.2 Å². The van der Waals surface area contributed by atoms with Crippen LogP contribution in [0.1, 0.15) is 45.8 Å². The fourth-order valence-corrected chi connectivity index (χ4v) is 6.59. The maximum absolute atomic E-state index is 13.5. The number of halogens is 6. The first-order valence-corrected chi connectivity index (χ1v) is 14.5. The van der Waals surface area contributed by atoms with Crippen molar-refractivity contribution in [3.8, 4) is 5.75 Å². The second kappa shape index (κ2) is 9.09. The van der Waals surface area contributed by atoms with Crippen LogP contribution in [0, 0.1) is 6.92 Å². The smallest absolute Gasteiger partial charge is 0.376 e. The monoisotopic (exact) mass is 611 g/mol. The molecule has 2 heterocycles. The van der Waals surface area contributed by atoms with Crippen LogP contribution in [0.2, 0.25) is 0 Å². The van der Waals surface area contributed by atoms with Crippen molar-refractivity contribution in [2.24, 2.45) is 0 Å². The van der Waals surface area contributed by atoms with E-state index in [1.54, 1.807) is 0 Å². The van der Waals surface area contributed by atoms with Gasteiger partial charge in [0, 0.05) is 24.1 Å². The summed E-state index contributed by atoms with van der Waals surface area (Å²) in [5.74, 6) is -1.44. The third-order valence-electron chi connectivity index (χ3n) is 7.10. The summed E-state index contributed by atoms with van der Waals surface area (Å²) in [4.78, 5) is 18.7. The van der Waals surface area contributed by atoms with Crippen LogP contribution in [0.5, 0.6) is 5.75 Å². The third kappa shape index (κ3) is 4.48. The molecule has 0 N–H and O–H groups in total. The van der Waals surface area contributed by atoms with E-state index in [0.717, 1.165) is 6.07 Å². The summed E-state index contributed by atoms with van der Waals surface area (Å²) in [7, 11) is -11.7. The number of alkyl halides is 6. The van der Waals surface area contributed by atoms with Gasteiger partial charge < -0.3 is 9.08 Å². The van der Waals surface area contributed by atoms with Crippen molar-refractivity contribution in [1.29, 1.82) is 0 Å². The minimum Gasteiger partial charge on any atom is -0.376 e. The van der Waals surface area contributed by atoms with E-state index < -0.39 is 54.4 Å². The first kappa shape index (κ1) is 28.2. The highest BCUT2D eigenvalue weighted by Crippen LogP contribution is 2.45. The number of carbonyl (C=O) groups is 1. The highest BCUT2D eigenvalue weighted by atomic mass is 32.2. The zero-order valence-electron chi connectivity index (χ0n) is 20.3. The summed E-state index contributed by atoms with van der Waals surface area (Å²) in [6, 6.07) is 5.81. The molecule has 1 amide bonds. The molecule has 216 valence electrons. The maximum Gasteiger partial charge on any atom is 0.534 e. The van der Waals surface area contributed by atoms with Crippen molar-refractivity contribution < 1.29 is 52.2 Å². The van der Waals surface area contributed by atoms with E-state index >= 15 is 0 Å². The van der Waals surface area contributed by atoms with Crippen LogP contribution in [-0.2, 0) is 26.6 Å². The number of nitrogens with zero attached hydrogens (tertiary/aromatic N) is 3. The van der Waals surface area contributed by atoms with E-state index in [1.165, 1.54) is 36.1 Å². The zero-order chi connectivity index (χ0) is 29.4. The molecule has 1 fully saturated rings. The number of carbonyl (C=O) groups excluding carboxylic acids is 1. The predicted molar refractivity (Wildman–Crippen MR) is 127 cm³/mol. The Balaban J connectivity index is 1.47. The maximum atomic E-state index is 13.5. The van der Waals surface area contributed by atoms with Gasteiger partial charge in [0.2, 0.25) is 0 Å². The summed E-state index contributed by atoms with van der Waals surface area (Å²) in [6.45, 7) is 1.65. The second-order valence-corrected chi connectivity index (χ2v) is 12.9. The van der Waals surface area contributed by atoms with Crippen molar-refractivity contribution in [3.63, 3.8) is 0 Å². The number of aromatic nitrogens is 2. The van der Waals surface area contributed by atoms with E-state index in [1.807, 2.05) is 0 Å². The number of fused-ring (bicyclic) bond motifs is 4. The second-order valence-electron chi connectivity index (χ2n) is 9.51. The fraction of sp³-hybridized carbons (Fsp3) is 0.391. The normalized spacial score (nSPS) is 19.9. The Kier molecular flexibility index (Phi) is 6.41. The third-order valence-corrected chi connectivity index (χ3v) is 9.46. The fourth-order valence-electron chi connectivity index (χ4n) is 5.28. The van der Waals surface area contributed by atoms with E-state index in [9.17, 15) is 48.0 Å². The molecule has 0 radical (unpaired) electrons. The molecule has 2 atom stereocenters. The van der Waals surface area contributed by atoms with Crippen LogP contribution in [0.3, 0.4) is 0 Å². The molecule has 0 bridgehead atoms. The Labute approximate surface area is 223 Å². The van der Waals surface area contributed by atoms with Gasteiger partial charge in [-0.25, -0.2) is 8.96 Å². The lowest BCUT2D eigenvalue weighted by Crippen LogP contribution is -2.46. The van der Waals surface area contributed by atoms with Crippen LogP contribution in [0.25, 0.3) is 11.0 Å². The molecule has 0 saturated carbocycles. The summed E-state index contributed by atoms with van der Waals surface area (Å²) in [5.41, 5.74) is -10.5. The molecule has 1 saturated heterocycles. The quantitative estimate of drug-likeness (QED) is 0.247. The lowest BCUT2D eigenvalue weighted by molar-refractivity contribution is -0.0500. The predicted octanol–water partition coefficient (Wildman–Crippen LogP) is 4.22. The van der Waals surface area contributed by atoms with Gasteiger partial charge in [-0.1, -0.05) is 6.07 Å². The standard InChI is InChI=1S/C23H19F6N3O6S2/c1-12-7-14-9-18-15(16(14)10-20(12)38-40(36,37)23(27,28)29)3-2-6-31(18)21(33)13-4-5-17-19(8-13)32(11-30-17)39(34,35)22(24,25)26/h4-5,7-8,10-11,15,18H,2-3,6,9H2,1H3/t15-,18+/m1/s1. The summed E-state index contributed by atoms with van der Waals surface area (Å²) < 4.78 is 129. The molecule has 1 aliphatic heterocycles. The SMILES string of the molecule is Cc1cc2c(cc1OS(=O)(=O)C(F)(F)F)[C@H]1CCCN(C(=O)c3ccc4ncn(S(=O)(=O)C(F)(F)F)c4c3)[C@H]1C2. The number of hydrogen-bond donors (Lipinski definition) is 0. The zero-order valence-corrected chi connectivity index (χ0v) is 22.0. The van der Waals surface area contributed by atoms with E-state index in [-0.39, 0.29) is 33.1 Å². The van der Waals surface area contributed by atoms with Crippen LogP contribution in [0.4, 0.5) is 26.3 Å². The number of benzene rings is 2. The first-order valence-electron chi connectivity index (χ1n) is 11.7. The molecule has 9 nitrogen and oxygen atoms in total. The number of likely N-dealkylation sites (tertiary alicyclic amines) is 1. The van der Waals surface area contributed by atoms with Gasteiger partial charge in [-0.2, -0.15) is 43.2 Å². The lowest BCUT2D eigenvalue weighted by Gasteiger charge is -2.38. The molecular weight excluding hydrogens is 592 g/mol. The Hall–Kier alpha value is -3.34. The molecular formula is C23H19F6N3O6S2. The van der Waals surface area contributed by atoms with Crippen molar-refractivity contribution in [2.75, 3.05) is 6.54 Å². The number of rotatable bonds is 4. The molecule has 1 aliphatic carbocycles. The van der Waals surface area contributed by atoms with Gasteiger partial charge in [-0.15, -0.1) is 0 Å². The topological polar surface area (TPSA) is 116 Å². The summed E-state index contributed by atoms with van der Waals surface area (Å²) >= 11 is 0. The van der Waals surface area contributed by atoms with Gasteiger partial charge in [-0.05, 0) is 67.1 Å². The van der Waals surface area contributed by atoms with E-state index in [4.69, 9.17) is 0 Å². The molecule has 2 aromatic carbocycles. The van der Waals surface area contributed by atoms with Crippen LogP contribution >= 0.6 is 0 Å². The van der Waals surface area contributed by atoms with Crippen molar-refractivity contribution >= 4 is 37.1 Å². The Morgan fingerprint density at radius 2 is 1.73 bits per heavy atom. The van der Waals surface area contributed by atoms with Gasteiger partial charge in [0.1, 0.15) is 12.1 Å². The molecule has 17 heteroatoms. The van der Waals surface area contributed by atoms with Crippen molar-refractivity contribution in [3.05, 3.63) is 58.9 Å². The van der Waals surface area contributed by atoms with Crippen LogP contribution in [-0.4, -0.2) is 60.2 Å². The summed E-state index contributed by atoms with van der Waals surface area (Å²) in [6.07, 6.45) is 1.81. The van der Waals surface area contributed by atoms with Crippen molar-refractivity contribution in [1.82, 2.24) is 13.9 Å². The summed E-state index contributed by atoms with van der Waals surface area (Å²) in [5, 5.41) is 0. The molecule has 2 aliphatic rings. The highest BCUT2D eigenvalue weighted by Gasteiger charge is 2.50. The number of hydrogen-bond acceptors (Lipinski definition) is 7. The molecule has 0 spiro atoms. The van der Waals surface area contributed by atoms with Gasteiger partial charge in [0.15, 0.2) is 0 Å². The van der Waals surface area contributed by atoms with Gasteiger partial charge in [0.05, 0.1) is 11.0 Å². The largest absolute Gasteiger partial charge is 0.534 e.